The normalized spacial score (nSPS) is 10.7. The lowest BCUT2D eigenvalue weighted by atomic mass is 10.3. The summed E-state index contributed by atoms with van der Waals surface area (Å²) in [5.41, 5.74) is 2.18. The maximum absolute atomic E-state index is 11.3. The van der Waals surface area contributed by atoms with E-state index in [2.05, 4.69) is 15.0 Å². The van der Waals surface area contributed by atoms with Gasteiger partial charge < -0.3 is 9.88 Å². The third-order valence-electron chi connectivity index (χ3n) is 3.68. The summed E-state index contributed by atoms with van der Waals surface area (Å²) in [4.78, 5) is 11.3. The van der Waals surface area contributed by atoms with Crippen molar-refractivity contribution < 1.29 is 4.79 Å². The van der Waals surface area contributed by atoms with Gasteiger partial charge in [0.1, 0.15) is 5.82 Å². The van der Waals surface area contributed by atoms with E-state index in [1.807, 2.05) is 65.7 Å². The first-order chi connectivity index (χ1) is 11.8. The lowest BCUT2D eigenvalue weighted by molar-refractivity contribution is -0.120. The van der Waals surface area contributed by atoms with Gasteiger partial charge in [0, 0.05) is 42.9 Å². The minimum atomic E-state index is 0.0770. The molecule has 0 atom stereocenters. The first kappa shape index (κ1) is 16.4. The highest BCUT2D eigenvalue weighted by atomic mass is 32.2. The van der Waals surface area contributed by atoms with Crippen LogP contribution in [0.1, 0.15) is 12.0 Å². The molecule has 124 valence electrons. The number of nitrogens with one attached hydrogen (secondary N) is 1. The number of carbonyl (C=O) groups excluding carboxylic acids is 1. The summed E-state index contributed by atoms with van der Waals surface area (Å²) in [5, 5.41) is 7.23. The molecule has 0 radical (unpaired) electrons. The first-order valence-electron chi connectivity index (χ1n) is 7.83. The molecule has 2 aromatic heterocycles. The maximum Gasteiger partial charge on any atom is 0.220 e. The third-order valence-corrected chi connectivity index (χ3v) is 4.68. The number of para-hydroxylation sites is 1. The minimum absolute atomic E-state index is 0.0770. The molecule has 3 rings (SSSR count). The van der Waals surface area contributed by atoms with E-state index in [9.17, 15) is 4.79 Å². The standard InChI is InChI=1S/C18H20N4OS/c1-19-17(23)9-12-24-14-15-13-20-22(16-7-3-2-4-8-16)18(15)21-10-5-6-11-21/h2-8,10-11,13H,9,12,14H2,1H3,(H,19,23). The van der Waals surface area contributed by atoms with Crippen molar-refractivity contribution >= 4 is 17.7 Å². The molecule has 0 aliphatic carbocycles. The number of thioether (sulfide) groups is 1. The zero-order valence-electron chi connectivity index (χ0n) is 13.6. The van der Waals surface area contributed by atoms with Crippen LogP contribution in [0.25, 0.3) is 11.5 Å². The van der Waals surface area contributed by atoms with Crippen LogP contribution in [0.15, 0.2) is 61.1 Å². The van der Waals surface area contributed by atoms with Gasteiger partial charge in [-0.1, -0.05) is 18.2 Å². The Morgan fingerprint density at radius 1 is 1.17 bits per heavy atom. The highest BCUT2D eigenvalue weighted by Gasteiger charge is 2.13. The van der Waals surface area contributed by atoms with Crippen LogP contribution in [0.2, 0.25) is 0 Å². The van der Waals surface area contributed by atoms with Gasteiger partial charge in [-0.05, 0) is 24.3 Å². The van der Waals surface area contributed by atoms with Crippen LogP contribution in [-0.2, 0) is 10.5 Å². The Morgan fingerprint density at radius 2 is 1.92 bits per heavy atom. The van der Waals surface area contributed by atoms with E-state index in [1.165, 1.54) is 0 Å². The second kappa shape index (κ2) is 7.88. The average molecular weight is 340 g/mol. The highest BCUT2D eigenvalue weighted by molar-refractivity contribution is 7.98. The maximum atomic E-state index is 11.3. The molecule has 1 aromatic carbocycles. The molecule has 1 N–H and O–H groups in total. The zero-order valence-corrected chi connectivity index (χ0v) is 14.4. The summed E-state index contributed by atoms with van der Waals surface area (Å²) >= 11 is 1.74. The van der Waals surface area contributed by atoms with E-state index >= 15 is 0 Å². The fourth-order valence-corrected chi connectivity index (χ4v) is 3.36. The number of hydrogen-bond acceptors (Lipinski definition) is 3. The Bertz CT molecular complexity index is 781. The molecule has 1 amide bonds. The van der Waals surface area contributed by atoms with E-state index in [0.717, 1.165) is 28.6 Å². The van der Waals surface area contributed by atoms with Crippen molar-refractivity contribution in [3.63, 3.8) is 0 Å². The molecule has 24 heavy (non-hydrogen) atoms. The fraction of sp³-hybridized carbons (Fsp3) is 0.222. The van der Waals surface area contributed by atoms with E-state index < -0.39 is 0 Å². The molecule has 0 fully saturated rings. The molecule has 0 aliphatic rings. The average Bonchev–Trinajstić information content (AvgIpc) is 3.28. The topological polar surface area (TPSA) is 51.9 Å². The first-order valence-corrected chi connectivity index (χ1v) is 8.99. The van der Waals surface area contributed by atoms with E-state index in [0.29, 0.717) is 6.42 Å². The van der Waals surface area contributed by atoms with Crippen LogP contribution in [0.5, 0.6) is 0 Å². The monoisotopic (exact) mass is 340 g/mol. The number of aromatic nitrogens is 3. The zero-order chi connectivity index (χ0) is 16.8. The summed E-state index contributed by atoms with van der Waals surface area (Å²) in [6, 6.07) is 14.1. The SMILES string of the molecule is CNC(=O)CCSCc1cnn(-c2ccccc2)c1-n1cccc1. The Morgan fingerprint density at radius 3 is 2.62 bits per heavy atom. The summed E-state index contributed by atoms with van der Waals surface area (Å²) in [6.07, 6.45) is 6.49. The summed E-state index contributed by atoms with van der Waals surface area (Å²) < 4.78 is 4.03. The van der Waals surface area contributed by atoms with Crippen molar-refractivity contribution in [3.05, 3.63) is 66.6 Å². The van der Waals surface area contributed by atoms with Gasteiger partial charge in [-0.3, -0.25) is 4.79 Å². The third kappa shape index (κ3) is 3.71. The molecule has 0 saturated carbocycles. The van der Waals surface area contributed by atoms with E-state index in [-0.39, 0.29) is 5.91 Å². The molecule has 0 unspecified atom stereocenters. The van der Waals surface area contributed by atoms with Crippen LogP contribution < -0.4 is 5.32 Å². The fourth-order valence-electron chi connectivity index (χ4n) is 2.46. The number of nitrogens with zero attached hydrogens (tertiary/aromatic N) is 3. The van der Waals surface area contributed by atoms with Gasteiger partial charge in [-0.25, -0.2) is 4.68 Å². The lowest BCUT2D eigenvalue weighted by Crippen LogP contribution is -2.17. The largest absolute Gasteiger partial charge is 0.359 e. The smallest absolute Gasteiger partial charge is 0.220 e. The van der Waals surface area contributed by atoms with Crippen molar-refractivity contribution in [2.45, 2.75) is 12.2 Å². The minimum Gasteiger partial charge on any atom is -0.359 e. The molecule has 2 heterocycles. The molecule has 0 bridgehead atoms. The molecular formula is C18H20N4OS. The van der Waals surface area contributed by atoms with Crippen molar-refractivity contribution in [1.82, 2.24) is 19.7 Å². The van der Waals surface area contributed by atoms with Gasteiger partial charge >= 0.3 is 0 Å². The molecule has 3 aromatic rings. The molecule has 0 aliphatic heterocycles. The van der Waals surface area contributed by atoms with Crippen LogP contribution >= 0.6 is 11.8 Å². The van der Waals surface area contributed by atoms with Gasteiger partial charge in [0.05, 0.1) is 11.9 Å². The van der Waals surface area contributed by atoms with Gasteiger partial charge in [-0.15, -0.1) is 0 Å². The Labute approximate surface area is 145 Å². The van der Waals surface area contributed by atoms with E-state index in [1.54, 1.807) is 18.8 Å². The lowest BCUT2D eigenvalue weighted by Gasteiger charge is -2.11. The van der Waals surface area contributed by atoms with Crippen LogP contribution in [0, 0.1) is 0 Å². The van der Waals surface area contributed by atoms with Crippen molar-refractivity contribution in [3.8, 4) is 11.5 Å². The molecule has 6 heteroatoms. The van der Waals surface area contributed by atoms with Gasteiger partial charge in [-0.2, -0.15) is 16.9 Å². The molecule has 0 saturated heterocycles. The van der Waals surface area contributed by atoms with Crippen LogP contribution in [-0.4, -0.2) is 33.1 Å². The van der Waals surface area contributed by atoms with Gasteiger partial charge in [0.2, 0.25) is 5.91 Å². The molecular weight excluding hydrogens is 320 g/mol. The second-order valence-corrected chi connectivity index (χ2v) is 6.41. The van der Waals surface area contributed by atoms with Crippen LogP contribution in [0.3, 0.4) is 0 Å². The van der Waals surface area contributed by atoms with Crippen molar-refractivity contribution in [2.24, 2.45) is 0 Å². The van der Waals surface area contributed by atoms with Gasteiger partial charge in [0.25, 0.3) is 0 Å². The Balaban J connectivity index is 1.82. The summed E-state index contributed by atoms with van der Waals surface area (Å²) in [7, 11) is 1.67. The Hall–Kier alpha value is -2.47. The number of benzene rings is 1. The quantitative estimate of drug-likeness (QED) is 0.673. The number of rotatable bonds is 7. The van der Waals surface area contributed by atoms with Crippen molar-refractivity contribution in [2.75, 3.05) is 12.8 Å². The highest BCUT2D eigenvalue weighted by Crippen LogP contribution is 2.23. The van der Waals surface area contributed by atoms with Crippen LogP contribution in [0.4, 0.5) is 0 Å². The number of amides is 1. The van der Waals surface area contributed by atoms with Crippen molar-refractivity contribution in [1.29, 1.82) is 0 Å². The summed E-state index contributed by atoms with van der Waals surface area (Å²) in [5.74, 6) is 2.73. The predicted octanol–water partition coefficient (Wildman–Crippen LogP) is 3.03. The molecule has 0 spiro atoms. The van der Waals surface area contributed by atoms with E-state index in [4.69, 9.17) is 0 Å². The predicted molar refractivity (Wildman–Crippen MR) is 97.7 cm³/mol. The number of carbonyl (C=O) groups is 1. The summed E-state index contributed by atoms with van der Waals surface area (Å²) in [6.45, 7) is 0. The molecule has 5 nitrogen and oxygen atoms in total. The van der Waals surface area contributed by atoms with Gasteiger partial charge in [0.15, 0.2) is 0 Å². The number of hydrogen-bond donors (Lipinski definition) is 1. The Kier molecular flexibility index (Phi) is 5.38. The second-order valence-electron chi connectivity index (χ2n) is 5.31.